The molecule has 0 saturated carbocycles. The smallest absolute Gasteiger partial charge is 0.315 e. The summed E-state index contributed by atoms with van der Waals surface area (Å²) in [6.07, 6.45) is -1.29. The van der Waals surface area contributed by atoms with E-state index in [9.17, 15) is 13.6 Å². The maximum Gasteiger partial charge on any atom is 0.315 e. The molecule has 0 bridgehead atoms. The first-order valence-electron chi connectivity index (χ1n) is 5.48. The molecule has 1 saturated heterocycles. The topological polar surface area (TPSA) is 36.7 Å². The minimum atomic E-state index is -2.90. The van der Waals surface area contributed by atoms with Gasteiger partial charge in [0.05, 0.1) is 12.8 Å². The molecule has 17 heavy (non-hydrogen) atoms. The fraction of sp³-hybridized carbons (Fsp3) is 0.545. The SMILES string of the molecule is O=C(C(F)F)N1CCN(Cc2ccco2)CC1. The lowest BCUT2D eigenvalue weighted by molar-refractivity contribution is -0.144. The summed E-state index contributed by atoms with van der Waals surface area (Å²) in [5.74, 6) is -0.221. The number of carbonyl (C=O) groups is 1. The van der Waals surface area contributed by atoms with Crippen molar-refractivity contribution >= 4 is 5.91 Å². The molecule has 0 aliphatic carbocycles. The van der Waals surface area contributed by atoms with Gasteiger partial charge in [-0.15, -0.1) is 0 Å². The molecule has 0 atom stereocenters. The summed E-state index contributed by atoms with van der Waals surface area (Å²) in [6.45, 7) is 2.55. The number of hydrogen-bond donors (Lipinski definition) is 0. The zero-order valence-electron chi connectivity index (χ0n) is 9.31. The van der Waals surface area contributed by atoms with Crippen molar-refractivity contribution in [1.29, 1.82) is 0 Å². The van der Waals surface area contributed by atoms with Crippen molar-refractivity contribution in [2.75, 3.05) is 26.2 Å². The fourth-order valence-corrected chi connectivity index (χ4v) is 1.89. The van der Waals surface area contributed by atoms with Gasteiger partial charge < -0.3 is 9.32 Å². The molecule has 4 nitrogen and oxygen atoms in total. The summed E-state index contributed by atoms with van der Waals surface area (Å²) in [7, 11) is 0. The number of halogens is 2. The predicted molar refractivity (Wildman–Crippen MR) is 56.6 cm³/mol. The highest BCUT2D eigenvalue weighted by molar-refractivity contribution is 5.79. The molecule has 1 fully saturated rings. The van der Waals surface area contributed by atoms with Crippen LogP contribution in [0.2, 0.25) is 0 Å². The van der Waals surface area contributed by atoms with Crippen molar-refractivity contribution in [3.63, 3.8) is 0 Å². The predicted octanol–water partition coefficient (Wildman–Crippen LogP) is 1.19. The average Bonchev–Trinajstić information content (AvgIpc) is 2.82. The largest absolute Gasteiger partial charge is 0.468 e. The van der Waals surface area contributed by atoms with Crippen molar-refractivity contribution in [2.45, 2.75) is 13.0 Å². The van der Waals surface area contributed by atoms with E-state index in [0.29, 0.717) is 32.7 Å². The molecule has 1 aliphatic heterocycles. The van der Waals surface area contributed by atoms with Crippen LogP contribution < -0.4 is 0 Å². The van der Waals surface area contributed by atoms with Crippen LogP contribution in [-0.4, -0.2) is 48.3 Å². The third kappa shape index (κ3) is 3.03. The van der Waals surface area contributed by atoms with E-state index in [2.05, 4.69) is 4.90 Å². The second-order valence-electron chi connectivity index (χ2n) is 3.98. The van der Waals surface area contributed by atoms with E-state index in [0.717, 1.165) is 5.76 Å². The van der Waals surface area contributed by atoms with Gasteiger partial charge in [0.15, 0.2) is 0 Å². The summed E-state index contributed by atoms with van der Waals surface area (Å²) in [5.41, 5.74) is 0. The van der Waals surface area contributed by atoms with Crippen molar-refractivity contribution < 1.29 is 18.0 Å². The first kappa shape index (κ1) is 12.0. The van der Waals surface area contributed by atoms with Gasteiger partial charge in [0.1, 0.15) is 5.76 Å². The number of piperazine rings is 1. The second-order valence-corrected chi connectivity index (χ2v) is 3.98. The number of nitrogens with zero attached hydrogens (tertiary/aromatic N) is 2. The molecule has 6 heteroatoms. The molecule has 2 heterocycles. The van der Waals surface area contributed by atoms with Gasteiger partial charge >= 0.3 is 6.43 Å². The molecule has 2 rings (SSSR count). The monoisotopic (exact) mass is 244 g/mol. The molecule has 0 radical (unpaired) electrons. The van der Waals surface area contributed by atoms with Gasteiger partial charge in [-0.25, -0.2) is 0 Å². The zero-order chi connectivity index (χ0) is 12.3. The summed E-state index contributed by atoms with van der Waals surface area (Å²) >= 11 is 0. The number of hydrogen-bond acceptors (Lipinski definition) is 3. The van der Waals surface area contributed by atoms with Crippen LogP contribution in [0.1, 0.15) is 5.76 Å². The Labute approximate surface area is 97.8 Å². The standard InChI is InChI=1S/C11H14F2N2O2/c12-10(13)11(16)15-5-3-14(4-6-15)8-9-2-1-7-17-9/h1-2,7,10H,3-6,8H2. The highest BCUT2D eigenvalue weighted by Gasteiger charge is 2.26. The lowest BCUT2D eigenvalue weighted by Gasteiger charge is -2.34. The Kier molecular flexibility index (Phi) is 3.73. The summed E-state index contributed by atoms with van der Waals surface area (Å²) in [6, 6.07) is 3.68. The minimum Gasteiger partial charge on any atom is -0.468 e. The molecular formula is C11H14F2N2O2. The van der Waals surface area contributed by atoms with Crippen LogP contribution in [0.4, 0.5) is 8.78 Å². The van der Waals surface area contributed by atoms with Gasteiger partial charge in [-0.3, -0.25) is 9.69 Å². The van der Waals surface area contributed by atoms with Crippen molar-refractivity contribution in [2.24, 2.45) is 0 Å². The molecule has 0 spiro atoms. The fourth-order valence-electron chi connectivity index (χ4n) is 1.89. The van der Waals surface area contributed by atoms with E-state index < -0.39 is 12.3 Å². The van der Waals surface area contributed by atoms with Gasteiger partial charge in [-0.1, -0.05) is 0 Å². The molecule has 1 aromatic heterocycles. The van der Waals surface area contributed by atoms with Gasteiger partial charge in [0.2, 0.25) is 0 Å². The summed E-state index contributed by atoms with van der Waals surface area (Å²) < 4.78 is 29.6. The number of amides is 1. The van der Waals surface area contributed by atoms with Gasteiger partial charge in [-0.05, 0) is 12.1 Å². The number of furan rings is 1. The van der Waals surface area contributed by atoms with Crippen LogP contribution in [0.15, 0.2) is 22.8 Å². The van der Waals surface area contributed by atoms with Crippen LogP contribution >= 0.6 is 0 Å². The average molecular weight is 244 g/mol. The molecule has 0 unspecified atom stereocenters. The van der Waals surface area contributed by atoms with Crippen LogP contribution in [0.25, 0.3) is 0 Å². The van der Waals surface area contributed by atoms with Crippen LogP contribution in [0, 0.1) is 0 Å². The second kappa shape index (κ2) is 5.27. The molecule has 0 N–H and O–H groups in total. The zero-order valence-corrected chi connectivity index (χ0v) is 9.31. The Hall–Kier alpha value is -1.43. The highest BCUT2D eigenvalue weighted by atomic mass is 19.3. The van der Waals surface area contributed by atoms with Crippen molar-refractivity contribution in [3.8, 4) is 0 Å². The molecule has 0 aromatic carbocycles. The lowest BCUT2D eigenvalue weighted by atomic mass is 10.3. The molecule has 94 valence electrons. The maximum absolute atomic E-state index is 12.2. The summed E-state index contributed by atoms with van der Waals surface area (Å²) in [5, 5.41) is 0. The van der Waals surface area contributed by atoms with E-state index in [1.807, 2.05) is 12.1 Å². The van der Waals surface area contributed by atoms with Gasteiger partial charge in [0.25, 0.3) is 5.91 Å². The molecular weight excluding hydrogens is 230 g/mol. The molecule has 1 aliphatic rings. The first-order chi connectivity index (χ1) is 8.16. The number of carbonyl (C=O) groups excluding carboxylic acids is 1. The first-order valence-corrected chi connectivity index (χ1v) is 5.48. The maximum atomic E-state index is 12.2. The Morgan fingerprint density at radius 2 is 2.06 bits per heavy atom. The van der Waals surface area contributed by atoms with Gasteiger partial charge in [0, 0.05) is 26.2 Å². The van der Waals surface area contributed by atoms with Gasteiger partial charge in [-0.2, -0.15) is 8.78 Å². The third-order valence-electron chi connectivity index (χ3n) is 2.83. The quantitative estimate of drug-likeness (QED) is 0.801. The normalized spacial score (nSPS) is 17.7. The number of alkyl halides is 2. The summed E-state index contributed by atoms with van der Waals surface area (Å²) in [4.78, 5) is 14.3. The third-order valence-corrected chi connectivity index (χ3v) is 2.83. The molecule has 1 amide bonds. The van der Waals surface area contributed by atoms with E-state index in [1.165, 1.54) is 4.90 Å². The lowest BCUT2D eigenvalue weighted by Crippen LogP contribution is -2.49. The van der Waals surface area contributed by atoms with Crippen LogP contribution in [-0.2, 0) is 11.3 Å². The van der Waals surface area contributed by atoms with Crippen molar-refractivity contribution in [3.05, 3.63) is 24.2 Å². The van der Waals surface area contributed by atoms with E-state index in [-0.39, 0.29) is 0 Å². The highest BCUT2D eigenvalue weighted by Crippen LogP contribution is 2.10. The van der Waals surface area contributed by atoms with Crippen LogP contribution in [0.3, 0.4) is 0 Å². The molecule has 1 aromatic rings. The van der Waals surface area contributed by atoms with E-state index in [1.54, 1.807) is 6.26 Å². The van der Waals surface area contributed by atoms with Crippen LogP contribution in [0.5, 0.6) is 0 Å². The number of rotatable bonds is 3. The van der Waals surface area contributed by atoms with Crippen molar-refractivity contribution in [1.82, 2.24) is 9.80 Å². The minimum absolute atomic E-state index is 0.351. The Balaban J connectivity index is 1.80. The van der Waals surface area contributed by atoms with E-state index in [4.69, 9.17) is 4.42 Å². The Bertz CT molecular complexity index is 360. The Morgan fingerprint density at radius 3 is 2.59 bits per heavy atom. The van der Waals surface area contributed by atoms with E-state index >= 15 is 0 Å². The Morgan fingerprint density at radius 1 is 1.35 bits per heavy atom.